The summed E-state index contributed by atoms with van der Waals surface area (Å²) in [6.07, 6.45) is 3.81. The lowest BCUT2D eigenvalue weighted by Gasteiger charge is -2.21. The summed E-state index contributed by atoms with van der Waals surface area (Å²) in [4.78, 5) is 0. The Morgan fingerprint density at radius 1 is 1.26 bits per heavy atom. The topological polar surface area (TPSA) is 39.1 Å². The van der Waals surface area contributed by atoms with Crippen molar-refractivity contribution in [2.45, 2.75) is 32.5 Å². The fraction of sp³-hybridized carbons (Fsp3) is 0.400. The standard InChI is InChI=1S/C15H21N3O/c1-12(13(2)18-10-4-9-17-18)16-11-14-5-7-15(19-3)8-6-14/h4-10,12-13,16H,11H2,1-3H3/t12-,13+/m1/s1. The molecule has 0 bridgehead atoms. The maximum Gasteiger partial charge on any atom is 0.118 e. The van der Waals surface area contributed by atoms with E-state index >= 15 is 0 Å². The predicted molar refractivity (Wildman–Crippen MR) is 76.2 cm³/mol. The number of nitrogens with one attached hydrogen (secondary N) is 1. The van der Waals surface area contributed by atoms with Crippen molar-refractivity contribution < 1.29 is 4.74 Å². The van der Waals surface area contributed by atoms with E-state index in [1.165, 1.54) is 5.56 Å². The van der Waals surface area contributed by atoms with Gasteiger partial charge in [0.05, 0.1) is 13.2 Å². The number of hydrogen-bond donors (Lipinski definition) is 1. The lowest BCUT2D eigenvalue weighted by molar-refractivity contribution is 0.365. The highest BCUT2D eigenvalue weighted by molar-refractivity contribution is 5.27. The van der Waals surface area contributed by atoms with Crippen LogP contribution < -0.4 is 10.1 Å². The van der Waals surface area contributed by atoms with Crippen LogP contribution in [0.15, 0.2) is 42.7 Å². The van der Waals surface area contributed by atoms with E-state index in [0.717, 1.165) is 12.3 Å². The van der Waals surface area contributed by atoms with Gasteiger partial charge in [0.25, 0.3) is 0 Å². The molecular formula is C15H21N3O. The number of ether oxygens (including phenoxy) is 1. The molecule has 1 N–H and O–H groups in total. The van der Waals surface area contributed by atoms with Crippen LogP contribution in [0.4, 0.5) is 0 Å². The second kappa shape index (κ2) is 6.38. The molecule has 1 aromatic heterocycles. The second-order valence-electron chi connectivity index (χ2n) is 4.74. The molecule has 0 saturated carbocycles. The van der Waals surface area contributed by atoms with Crippen molar-refractivity contribution in [3.8, 4) is 5.75 Å². The molecule has 2 atom stereocenters. The molecule has 0 saturated heterocycles. The van der Waals surface area contributed by atoms with Gasteiger partial charge >= 0.3 is 0 Å². The summed E-state index contributed by atoms with van der Waals surface area (Å²) >= 11 is 0. The van der Waals surface area contributed by atoms with Crippen LogP contribution in [0, 0.1) is 0 Å². The number of methoxy groups -OCH3 is 1. The van der Waals surface area contributed by atoms with Crippen LogP contribution >= 0.6 is 0 Å². The fourth-order valence-electron chi connectivity index (χ4n) is 1.94. The summed E-state index contributed by atoms with van der Waals surface area (Å²) in [6, 6.07) is 10.8. The zero-order valence-corrected chi connectivity index (χ0v) is 11.7. The van der Waals surface area contributed by atoms with E-state index in [2.05, 4.69) is 36.4 Å². The minimum atomic E-state index is 0.327. The number of benzene rings is 1. The number of rotatable bonds is 6. The van der Waals surface area contributed by atoms with Gasteiger partial charge in [0.1, 0.15) is 5.75 Å². The zero-order chi connectivity index (χ0) is 13.7. The lowest BCUT2D eigenvalue weighted by Crippen LogP contribution is -2.33. The molecule has 0 aliphatic carbocycles. The maximum absolute atomic E-state index is 5.15. The van der Waals surface area contributed by atoms with Crippen LogP contribution in [-0.2, 0) is 6.54 Å². The highest BCUT2D eigenvalue weighted by Crippen LogP contribution is 2.13. The molecule has 0 radical (unpaired) electrons. The van der Waals surface area contributed by atoms with Gasteiger partial charge in [0.2, 0.25) is 0 Å². The molecular weight excluding hydrogens is 238 g/mol. The van der Waals surface area contributed by atoms with Crippen molar-refractivity contribution in [3.63, 3.8) is 0 Å². The van der Waals surface area contributed by atoms with Crippen molar-refractivity contribution in [1.82, 2.24) is 15.1 Å². The van der Waals surface area contributed by atoms with Gasteiger partial charge in [-0.2, -0.15) is 5.10 Å². The quantitative estimate of drug-likeness (QED) is 0.866. The Morgan fingerprint density at radius 2 is 2.00 bits per heavy atom. The van der Waals surface area contributed by atoms with E-state index in [1.54, 1.807) is 7.11 Å². The molecule has 0 unspecified atom stereocenters. The molecule has 4 heteroatoms. The van der Waals surface area contributed by atoms with Gasteiger partial charge < -0.3 is 10.1 Å². The van der Waals surface area contributed by atoms with Crippen LogP contribution in [0.1, 0.15) is 25.5 Å². The molecule has 2 rings (SSSR count). The van der Waals surface area contributed by atoms with Gasteiger partial charge in [-0.1, -0.05) is 12.1 Å². The summed E-state index contributed by atoms with van der Waals surface area (Å²) in [5.41, 5.74) is 1.25. The van der Waals surface area contributed by atoms with E-state index in [1.807, 2.05) is 35.3 Å². The van der Waals surface area contributed by atoms with Crippen LogP contribution in [0.3, 0.4) is 0 Å². The number of hydrogen-bond acceptors (Lipinski definition) is 3. The van der Waals surface area contributed by atoms with Crippen molar-refractivity contribution in [3.05, 3.63) is 48.3 Å². The van der Waals surface area contributed by atoms with Crippen LogP contribution in [-0.4, -0.2) is 22.9 Å². The largest absolute Gasteiger partial charge is 0.497 e. The molecule has 19 heavy (non-hydrogen) atoms. The summed E-state index contributed by atoms with van der Waals surface area (Å²) in [6.45, 7) is 5.19. The summed E-state index contributed by atoms with van der Waals surface area (Å²) in [5, 5.41) is 7.80. The highest BCUT2D eigenvalue weighted by atomic mass is 16.5. The molecule has 0 amide bonds. The van der Waals surface area contributed by atoms with Crippen LogP contribution in [0.5, 0.6) is 5.75 Å². The fourth-order valence-corrected chi connectivity index (χ4v) is 1.94. The minimum Gasteiger partial charge on any atom is -0.497 e. The molecule has 0 aliphatic rings. The van der Waals surface area contributed by atoms with E-state index in [0.29, 0.717) is 12.1 Å². The summed E-state index contributed by atoms with van der Waals surface area (Å²) < 4.78 is 7.13. The van der Waals surface area contributed by atoms with Gasteiger partial charge in [0, 0.05) is 25.0 Å². The Kier molecular flexibility index (Phi) is 4.58. The Balaban J connectivity index is 1.87. The van der Waals surface area contributed by atoms with Crippen molar-refractivity contribution >= 4 is 0 Å². The smallest absolute Gasteiger partial charge is 0.118 e. The van der Waals surface area contributed by atoms with E-state index in [-0.39, 0.29) is 0 Å². The Morgan fingerprint density at radius 3 is 2.58 bits per heavy atom. The van der Waals surface area contributed by atoms with Gasteiger partial charge in [0.15, 0.2) is 0 Å². The van der Waals surface area contributed by atoms with E-state index in [4.69, 9.17) is 4.74 Å². The third kappa shape index (κ3) is 3.58. The molecule has 0 spiro atoms. The zero-order valence-electron chi connectivity index (χ0n) is 11.7. The summed E-state index contributed by atoms with van der Waals surface area (Å²) in [5.74, 6) is 0.890. The Labute approximate surface area is 114 Å². The van der Waals surface area contributed by atoms with Crippen molar-refractivity contribution in [2.24, 2.45) is 0 Å². The lowest BCUT2D eigenvalue weighted by atomic mass is 10.1. The predicted octanol–water partition coefficient (Wildman–Crippen LogP) is 2.63. The molecule has 1 aromatic carbocycles. The third-order valence-corrected chi connectivity index (χ3v) is 3.45. The first-order valence-corrected chi connectivity index (χ1v) is 6.56. The maximum atomic E-state index is 5.15. The highest BCUT2D eigenvalue weighted by Gasteiger charge is 2.13. The third-order valence-electron chi connectivity index (χ3n) is 3.45. The molecule has 0 aliphatic heterocycles. The number of nitrogens with zero attached hydrogens (tertiary/aromatic N) is 2. The van der Waals surface area contributed by atoms with Gasteiger partial charge in [-0.15, -0.1) is 0 Å². The molecule has 2 aromatic rings. The molecule has 1 heterocycles. The first-order chi connectivity index (χ1) is 9.20. The monoisotopic (exact) mass is 259 g/mol. The van der Waals surface area contributed by atoms with E-state index < -0.39 is 0 Å². The minimum absolute atomic E-state index is 0.327. The van der Waals surface area contributed by atoms with Gasteiger partial charge in [-0.3, -0.25) is 4.68 Å². The Bertz CT molecular complexity index is 479. The average Bonchev–Trinajstić information content (AvgIpc) is 2.98. The average molecular weight is 259 g/mol. The van der Waals surface area contributed by atoms with Gasteiger partial charge in [-0.25, -0.2) is 0 Å². The molecule has 102 valence electrons. The van der Waals surface area contributed by atoms with E-state index in [9.17, 15) is 0 Å². The van der Waals surface area contributed by atoms with Gasteiger partial charge in [-0.05, 0) is 37.6 Å². The second-order valence-corrected chi connectivity index (χ2v) is 4.74. The van der Waals surface area contributed by atoms with Crippen LogP contribution in [0.2, 0.25) is 0 Å². The molecule has 0 fully saturated rings. The van der Waals surface area contributed by atoms with Crippen LogP contribution in [0.25, 0.3) is 0 Å². The van der Waals surface area contributed by atoms with Crippen molar-refractivity contribution in [1.29, 1.82) is 0 Å². The molecule has 4 nitrogen and oxygen atoms in total. The van der Waals surface area contributed by atoms with Crippen molar-refractivity contribution in [2.75, 3.05) is 7.11 Å². The normalized spacial score (nSPS) is 14.1. The number of aromatic nitrogens is 2. The first kappa shape index (κ1) is 13.6. The summed E-state index contributed by atoms with van der Waals surface area (Å²) in [7, 11) is 1.68. The SMILES string of the molecule is COc1ccc(CN[C@H](C)[C@H](C)n2cccn2)cc1. The first-order valence-electron chi connectivity index (χ1n) is 6.56. The Hall–Kier alpha value is -1.81.